The number of allylic oxidation sites excluding steroid dienone is 2. The zero-order valence-electron chi connectivity index (χ0n) is 5.44. The second-order valence-corrected chi connectivity index (χ2v) is 2.15. The highest BCUT2D eigenvalue weighted by Crippen LogP contribution is 2.02. The molecule has 0 saturated carbocycles. The molecule has 0 fully saturated rings. The third-order valence-electron chi connectivity index (χ3n) is 1.41. The maximum absolute atomic E-state index is 4.07. The number of aliphatic imine (C=N–C) groups is 1. The monoisotopic (exact) mass is 133 g/mol. The zero-order valence-corrected chi connectivity index (χ0v) is 5.44. The van der Waals surface area contributed by atoms with Crippen LogP contribution in [0.4, 0.5) is 0 Å². The van der Waals surface area contributed by atoms with Crippen LogP contribution in [0.3, 0.4) is 0 Å². The SMILES string of the molecule is C1=CC2=NC=NN(C=C1)C2. The zero-order chi connectivity index (χ0) is 6.81. The van der Waals surface area contributed by atoms with Crippen molar-refractivity contribution in [1.82, 2.24) is 5.01 Å². The lowest BCUT2D eigenvalue weighted by molar-refractivity contribution is 0.455. The van der Waals surface area contributed by atoms with Crippen molar-refractivity contribution in [3.8, 4) is 0 Å². The van der Waals surface area contributed by atoms with Crippen LogP contribution in [0, 0.1) is 0 Å². The van der Waals surface area contributed by atoms with Gasteiger partial charge in [-0.2, -0.15) is 5.10 Å². The van der Waals surface area contributed by atoms with Crippen molar-refractivity contribution in [3.05, 3.63) is 24.4 Å². The lowest BCUT2D eigenvalue weighted by Crippen LogP contribution is -2.21. The third-order valence-corrected chi connectivity index (χ3v) is 1.41. The Hall–Kier alpha value is -1.38. The van der Waals surface area contributed by atoms with Gasteiger partial charge in [0.15, 0.2) is 0 Å². The predicted molar refractivity (Wildman–Crippen MR) is 40.9 cm³/mol. The minimum Gasteiger partial charge on any atom is -0.265 e. The molecule has 2 aliphatic rings. The first-order chi connectivity index (χ1) is 4.95. The summed E-state index contributed by atoms with van der Waals surface area (Å²) in [6.45, 7) is 0.795. The molecule has 10 heavy (non-hydrogen) atoms. The van der Waals surface area contributed by atoms with Crippen LogP contribution < -0.4 is 0 Å². The number of rotatable bonds is 0. The largest absolute Gasteiger partial charge is 0.265 e. The average molecular weight is 133 g/mol. The molecule has 0 amide bonds. The molecule has 0 aliphatic carbocycles. The Bertz CT molecular complexity index is 240. The van der Waals surface area contributed by atoms with Crippen LogP contribution in [0.2, 0.25) is 0 Å². The first-order valence-electron chi connectivity index (χ1n) is 3.16. The second-order valence-electron chi connectivity index (χ2n) is 2.15. The number of hydrogen-bond acceptors (Lipinski definition) is 3. The highest BCUT2D eigenvalue weighted by Gasteiger charge is 2.05. The van der Waals surface area contributed by atoms with Crippen LogP contribution in [0.15, 0.2) is 34.5 Å². The summed E-state index contributed by atoms with van der Waals surface area (Å²) in [7, 11) is 0. The van der Waals surface area contributed by atoms with Gasteiger partial charge >= 0.3 is 0 Å². The van der Waals surface area contributed by atoms with E-state index in [0.717, 1.165) is 12.3 Å². The van der Waals surface area contributed by atoms with Gasteiger partial charge in [-0.15, -0.1) is 0 Å². The molecule has 0 unspecified atom stereocenters. The van der Waals surface area contributed by atoms with Crippen molar-refractivity contribution in [2.45, 2.75) is 0 Å². The van der Waals surface area contributed by atoms with Gasteiger partial charge in [0, 0.05) is 6.20 Å². The van der Waals surface area contributed by atoms with Gasteiger partial charge in [0.2, 0.25) is 0 Å². The molecule has 0 radical (unpaired) electrons. The number of hydrogen-bond donors (Lipinski definition) is 0. The average Bonchev–Trinajstić information content (AvgIpc) is 2.12. The normalized spacial score (nSPS) is 20.8. The van der Waals surface area contributed by atoms with Gasteiger partial charge in [-0.1, -0.05) is 6.08 Å². The van der Waals surface area contributed by atoms with Crippen LogP contribution in [-0.2, 0) is 0 Å². The predicted octanol–water partition coefficient (Wildman–Crippen LogP) is 0.770. The lowest BCUT2D eigenvalue weighted by Gasteiger charge is -2.14. The molecular weight excluding hydrogens is 126 g/mol. The molecule has 0 aromatic heterocycles. The number of nitrogens with zero attached hydrogens (tertiary/aromatic N) is 3. The fourth-order valence-electron chi connectivity index (χ4n) is 0.917. The van der Waals surface area contributed by atoms with E-state index < -0.39 is 0 Å². The molecule has 3 nitrogen and oxygen atoms in total. The van der Waals surface area contributed by atoms with E-state index in [4.69, 9.17) is 0 Å². The molecule has 2 bridgehead atoms. The van der Waals surface area contributed by atoms with Gasteiger partial charge in [-0.25, -0.2) is 4.99 Å². The van der Waals surface area contributed by atoms with Crippen molar-refractivity contribution in [2.24, 2.45) is 10.1 Å². The summed E-state index contributed by atoms with van der Waals surface area (Å²) in [5.41, 5.74) is 1.06. The van der Waals surface area contributed by atoms with E-state index in [1.807, 2.05) is 29.4 Å². The standard InChI is InChI=1S/C7H7N3/c1-2-4-10-5-7(3-1)8-6-9-10/h1-4,6H,5H2. The Kier molecular flexibility index (Phi) is 1.13. The van der Waals surface area contributed by atoms with Crippen molar-refractivity contribution >= 4 is 12.1 Å². The third kappa shape index (κ3) is 0.857. The van der Waals surface area contributed by atoms with Crippen molar-refractivity contribution in [2.75, 3.05) is 6.54 Å². The minimum atomic E-state index is 0.795. The Morgan fingerprint density at radius 2 is 2.40 bits per heavy atom. The summed E-state index contributed by atoms with van der Waals surface area (Å²) < 4.78 is 0. The maximum Gasteiger partial charge on any atom is 0.136 e. The van der Waals surface area contributed by atoms with Gasteiger partial charge in [0.1, 0.15) is 6.34 Å². The molecule has 3 heteroatoms. The summed E-state index contributed by atoms with van der Waals surface area (Å²) in [5, 5.41) is 5.85. The molecule has 0 N–H and O–H groups in total. The molecule has 2 aliphatic heterocycles. The molecular formula is C7H7N3. The molecule has 0 aromatic rings. The summed E-state index contributed by atoms with van der Waals surface area (Å²) in [6, 6.07) is 0. The molecule has 0 atom stereocenters. The van der Waals surface area contributed by atoms with Crippen molar-refractivity contribution < 1.29 is 0 Å². The molecule has 0 aromatic carbocycles. The van der Waals surface area contributed by atoms with E-state index >= 15 is 0 Å². The van der Waals surface area contributed by atoms with E-state index in [-0.39, 0.29) is 0 Å². The van der Waals surface area contributed by atoms with Gasteiger partial charge in [-0.3, -0.25) is 5.01 Å². The second kappa shape index (κ2) is 2.10. The highest BCUT2D eigenvalue weighted by atomic mass is 15.5. The minimum absolute atomic E-state index is 0.795. The molecule has 0 saturated heterocycles. The highest BCUT2D eigenvalue weighted by molar-refractivity contribution is 6.02. The van der Waals surface area contributed by atoms with Crippen molar-refractivity contribution in [1.29, 1.82) is 0 Å². The summed E-state index contributed by atoms with van der Waals surface area (Å²) in [4.78, 5) is 4.07. The summed E-state index contributed by atoms with van der Waals surface area (Å²) >= 11 is 0. The fraction of sp³-hybridized carbons (Fsp3) is 0.143. The van der Waals surface area contributed by atoms with Crippen LogP contribution >= 0.6 is 0 Å². The van der Waals surface area contributed by atoms with E-state index in [1.165, 1.54) is 0 Å². The smallest absolute Gasteiger partial charge is 0.136 e. The summed E-state index contributed by atoms with van der Waals surface area (Å²) in [6.07, 6.45) is 9.40. The Morgan fingerprint density at radius 3 is 3.40 bits per heavy atom. The van der Waals surface area contributed by atoms with Gasteiger partial charge in [-0.05, 0) is 12.2 Å². The Labute approximate surface area is 59.1 Å². The van der Waals surface area contributed by atoms with E-state index in [9.17, 15) is 0 Å². The first kappa shape index (κ1) is 5.41. The van der Waals surface area contributed by atoms with Crippen LogP contribution in [-0.4, -0.2) is 23.6 Å². The Balaban J connectivity index is 2.37. The first-order valence-corrected chi connectivity index (χ1v) is 3.16. The van der Waals surface area contributed by atoms with Crippen molar-refractivity contribution in [3.63, 3.8) is 0 Å². The topological polar surface area (TPSA) is 28.0 Å². The van der Waals surface area contributed by atoms with Crippen LogP contribution in [0.1, 0.15) is 0 Å². The van der Waals surface area contributed by atoms with E-state index in [2.05, 4.69) is 10.1 Å². The molecule has 2 rings (SSSR count). The fourth-order valence-corrected chi connectivity index (χ4v) is 0.917. The van der Waals surface area contributed by atoms with E-state index in [0.29, 0.717) is 0 Å². The quantitative estimate of drug-likeness (QED) is 0.479. The van der Waals surface area contributed by atoms with Crippen LogP contribution in [0.5, 0.6) is 0 Å². The Morgan fingerprint density at radius 1 is 1.40 bits per heavy atom. The number of hydrazone groups is 1. The molecule has 50 valence electrons. The lowest BCUT2D eigenvalue weighted by atomic mass is 10.3. The van der Waals surface area contributed by atoms with Gasteiger partial charge < -0.3 is 0 Å². The van der Waals surface area contributed by atoms with E-state index in [1.54, 1.807) is 6.34 Å². The van der Waals surface area contributed by atoms with Crippen LogP contribution in [0.25, 0.3) is 0 Å². The summed E-state index contributed by atoms with van der Waals surface area (Å²) in [5.74, 6) is 0. The molecule has 2 heterocycles. The van der Waals surface area contributed by atoms with Gasteiger partial charge in [0.25, 0.3) is 0 Å². The number of fused-ring (bicyclic) bond motifs is 2. The maximum atomic E-state index is 4.07. The molecule has 0 spiro atoms. The van der Waals surface area contributed by atoms with Gasteiger partial charge in [0.05, 0.1) is 12.3 Å².